The highest BCUT2D eigenvalue weighted by Crippen LogP contribution is 2.13. The van der Waals surface area contributed by atoms with Gasteiger partial charge in [-0.05, 0) is 19.8 Å². The third-order valence-electron chi connectivity index (χ3n) is 2.47. The zero-order valence-corrected chi connectivity index (χ0v) is 10.4. The lowest BCUT2D eigenvalue weighted by Gasteiger charge is -2.02. The van der Waals surface area contributed by atoms with Crippen molar-refractivity contribution >= 4 is 17.2 Å². The molecule has 0 radical (unpaired) electrons. The second kappa shape index (κ2) is 5.58. The number of nitrogens with zero attached hydrogens (tertiary/aromatic N) is 2. The van der Waals surface area contributed by atoms with Gasteiger partial charge in [-0.2, -0.15) is 5.10 Å². The molecule has 90 valence electrons. The smallest absolute Gasteiger partial charge is 0.254 e. The molecule has 0 atom stereocenters. The van der Waals surface area contributed by atoms with E-state index >= 15 is 0 Å². The summed E-state index contributed by atoms with van der Waals surface area (Å²) in [5.74, 6) is -0.0835. The Labute approximate surface area is 103 Å². The molecule has 0 aromatic carbocycles. The molecule has 2 rings (SSSR count). The van der Waals surface area contributed by atoms with E-state index in [1.807, 2.05) is 12.4 Å². The molecule has 0 aliphatic rings. The summed E-state index contributed by atoms with van der Waals surface area (Å²) in [5.41, 5.74) is 3.52. The minimum atomic E-state index is -0.0835. The number of amides is 1. The number of aromatic nitrogens is 3. The predicted octanol–water partition coefficient (Wildman–Crippen LogP) is 1.54. The van der Waals surface area contributed by atoms with Crippen LogP contribution in [0.3, 0.4) is 0 Å². The number of carbonyl (C=O) groups excluding carboxylic acids is 1. The van der Waals surface area contributed by atoms with Crippen LogP contribution in [0.4, 0.5) is 0 Å². The number of hydrogen-bond acceptors (Lipinski definition) is 4. The van der Waals surface area contributed by atoms with Crippen molar-refractivity contribution in [2.45, 2.75) is 19.8 Å². The standard InChI is InChI=1S/C11H14N4OS/c1-8-10(17-7-13-8)3-2-4-12-11(16)9-5-14-15-6-9/h5-7H,2-4H2,1H3,(H,12,16)(H,14,15). The number of nitrogens with one attached hydrogen (secondary N) is 2. The highest BCUT2D eigenvalue weighted by atomic mass is 32.1. The molecule has 6 heteroatoms. The van der Waals surface area contributed by atoms with Crippen molar-refractivity contribution in [3.63, 3.8) is 0 Å². The summed E-state index contributed by atoms with van der Waals surface area (Å²) in [6, 6.07) is 0. The van der Waals surface area contributed by atoms with E-state index in [1.165, 1.54) is 11.1 Å². The van der Waals surface area contributed by atoms with Gasteiger partial charge in [0.05, 0.1) is 23.0 Å². The Morgan fingerprint density at radius 1 is 1.59 bits per heavy atom. The van der Waals surface area contributed by atoms with E-state index in [4.69, 9.17) is 0 Å². The molecule has 0 unspecified atom stereocenters. The Bertz CT molecular complexity index is 477. The van der Waals surface area contributed by atoms with Crippen LogP contribution in [-0.4, -0.2) is 27.6 Å². The minimum Gasteiger partial charge on any atom is -0.352 e. The number of aryl methyl sites for hydroxylation is 2. The minimum absolute atomic E-state index is 0.0835. The van der Waals surface area contributed by atoms with Gasteiger partial charge in [-0.15, -0.1) is 11.3 Å². The Hall–Kier alpha value is -1.69. The van der Waals surface area contributed by atoms with Crippen LogP contribution >= 0.6 is 11.3 Å². The lowest BCUT2D eigenvalue weighted by Crippen LogP contribution is -2.24. The highest BCUT2D eigenvalue weighted by molar-refractivity contribution is 7.09. The number of rotatable bonds is 5. The zero-order valence-electron chi connectivity index (χ0n) is 9.56. The molecule has 17 heavy (non-hydrogen) atoms. The van der Waals surface area contributed by atoms with E-state index in [1.54, 1.807) is 17.5 Å². The van der Waals surface area contributed by atoms with Crippen LogP contribution < -0.4 is 5.32 Å². The molecule has 0 saturated carbocycles. The summed E-state index contributed by atoms with van der Waals surface area (Å²) in [6.07, 6.45) is 4.99. The number of hydrogen-bond donors (Lipinski definition) is 2. The molecule has 2 aromatic heterocycles. The third-order valence-corrected chi connectivity index (χ3v) is 3.47. The molecule has 2 aromatic rings. The topological polar surface area (TPSA) is 70.7 Å². The molecule has 0 aliphatic carbocycles. The largest absolute Gasteiger partial charge is 0.352 e. The van der Waals surface area contributed by atoms with Crippen molar-refractivity contribution in [3.05, 3.63) is 34.0 Å². The van der Waals surface area contributed by atoms with Crippen molar-refractivity contribution in [3.8, 4) is 0 Å². The van der Waals surface area contributed by atoms with Crippen LogP contribution in [-0.2, 0) is 6.42 Å². The summed E-state index contributed by atoms with van der Waals surface area (Å²) >= 11 is 1.67. The van der Waals surface area contributed by atoms with Crippen LogP contribution in [0.5, 0.6) is 0 Å². The first-order valence-corrected chi connectivity index (χ1v) is 6.31. The average Bonchev–Trinajstić information content (AvgIpc) is 2.96. The van der Waals surface area contributed by atoms with E-state index in [0.29, 0.717) is 12.1 Å². The molecule has 0 saturated heterocycles. The van der Waals surface area contributed by atoms with Gasteiger partial charge in [-0.25, -0.2) is 4.98 Å². The first kappa shape index (κ1) is 11.8. The molecule has 0 fully saturated rings. The summed E-state index contributed by atoms with van der Waals surface area (Å²) in [6.45, 7) is 2.68. The maximum Gasteiger partial charge on any atom is 0.254 e. The molecular weight excluding hydrogens is 236 g/mol. The van der Waals surface area contributed by atoms with Crippen LogP contribution in [0.15, 0.2) is 17.9 Å². The third kappa shape index (κ3) is 3.13. The van der Waals surface area contributed by atoms with Crippen molar-refractivity contribution in [1.82, 2.24) is 20.5 Å². The Morgan fingerprint density at radius 3 is 3.12 bits per heavy atom. The molecule has 2 N–H and O–H groups in total. The van der Waals surface area contributed by atoms with Gasteiger partial charge in [0.1, 0.15) is 0 Å². The van der Waals surface area contributed by atoms with Crippen LogP contribution in [0.25, 0.3) is 0 Å². The summed E-state index contributed by atoms with van der Waals surface area (Å²) in [5, 5.41) is 9.20. The van der Waals surface area contributed by atoms with Gasteiger partial charge in [0.15, 0.2) is 0 Å². The van der Waals surface area contributed by atoms with Crippen molar-refractivity contribution < 1.29 is 4.79 Å². The quantitative estimate of drug-likeness (QED) is 0.791. The van der Waals surface area contributed by atoms with Crippen LogP contribution in [0.1, 0.15) is 27.3 Å². The fourth-order valence-corrected chi connectivity index (χ4v) is 2.32. The van der Waals surface area contributed by atoms with Crippen molar-refractivity contribution in [2.75, 3.05) is 6.54 Å². The van der Waals surface area contributed by atoms with Gasteiger partial charge >= 0.3 is 0 Å². The number of carbonyl (C=O) groups is 1. The van der Waals surface area contributed by atoms with E-state index in [-0.39, 0.29) is 5.91 Å². The summed E-state index contributed by atoms with van der Waals surface area (Å²) < 4.78 is 0. The molecule has 1 amide bonds. The number of thiazole rings is 1. The van der Waals surface area contributed by atoms with Gasteiger partial charge in [-0.1, -0.05) is 0 Å². The first-order chi connectivity index (χ1) is 8.27. The molecule has 0 bridgehead atoms. The van der Waals surface area contributed by atoms with Gasteiger partial charge in [0.25, 0.3) is 5.91 Å². The van der Waals surface area contributed by atoms with E-state index in [2.05, 4.69) is 20.5 Å². The summed E-state index contributed by atoms with van der Waals surface area (Å²) in [7, 11) is 0. The predicted molar refractivity (Wildman–Crippen MR) is 66.1 cm³/mol. The second-order valence-corrected chi connectivity index (χ2v) is 4.65. The van der Waals surface area contributed by atoms with Gasteiger partial charge in [0.2, 0.25) is 0 Å². The SMILES string of the molecule is Cc1ncsc1CCCNC(=O)c1cn[nH]c1. The monoisotopic (exact) mass is 250 g/mol. The van der Waals surface area contributed by atoms with E-state index < -0.39 is 0 Å². The normalized spacial score (nSPS) is 10.4. The lowest BCUT2D eigenvalue weighted by molar-refractivity contribution is 0.0953. The average molecular weight is 250 g/mol. The maximum absolute atomic E-state index is 11.6. The van der Waals surface area contributed by atoms with Gasteiger partial charge in [-0.3, -0.25) is 9.89 Å². The fourth-order valence-electron chi connectivity index (χ4n) is 1.49. The van der Waals surface area contributed by atoms with E-state index in [9.17, 15) is 4.79 Å². The van der Waals surface area contributed by atoms with Gasteiger partial charge in [0, 0.05) is 17.6 Å². The lowest BCUT2D eigenvalue weighted by atomic mass is 10.2. The Morgan fingerprint density at radius 2 is 2.47 bits per heavy atom. The molecule has 5 nitrogen and oxygen atoms in total. The second-order valence-electron chi connectivity index (χ2n) is 3.71. The first-order valence-electron chi connectivity index (χ1n) is 5.43. The van der Waals surface area contributed by atoms with Crippen molar-refractivity contribution in [2.24, 2.45) is 0 Å². The number of aromatic amines is 1. The van der Waals surface area contributed by atoms with Crippen LogP contribution in [0, 0.1) is 6.92 Å². The Balaban J connectivity index is 1.70. The Kier molecular flexibility index (Phi) is 3.87. The van der Waals surface area contributed by atoms with Gasteiger partial charge < -0.3 is 5.32 Å². The number of H-pyrrole nitrogens is 1. The maximum atomic E-state index is 11.6. The molecular formula is C11H14N4OS. The zero-order chi connectivity index (χ0) is 12.1. The van der Waals surface area contributed by atoms with Crippen molar-refractivity contribution in [1.29, 1.82) is 0 Å². The molecule has 2 heterocycles. The summed E-state index contributed by atoms with van der Waals surface area (Å²) in [4.78, 5) is 17.0. The molecule has 0 spiro atoms. The highest BCUT2D eigenvalue weighted by Gasteiger charge is 2.05. The molecule has 0 aliphatic heterocycles. The fraction of sp³-hybridized carbons (Fsp3) is 0.364. The van der Waals surface area contributed by atoms with Crippen LogP contribution in [0.2, 0.25) is 0 Å². The van der Waals surface area contributed by atoms with E-state index in [0.717, 1.165) is 18.5 Å².